The molecule has 0 bridgehead atoms. The summed E-state index contributed by atoms with van der Waals surface area (Å²) < 4.78 is 0. The first-order valence-corrected chi connectivity index (χ1v) is 7.12. The molecule has 0 aliphatic carbocycles. The minimum atomic E-state index is 0.206. The highest BCUT2D eigenvalue weighted by Gasteiger charge is 2.28. The van der Waals surface area contributed by atoms with Gasteiger partial charge in [-0.1, -0.05) is 13.8 Å². The third-order valence-corrected chi connectivity index (χ3v) is 4.01. The minimum Gasteiger partial charge on any atom is -0.326 e. The molecule has 2 rings (SSSR count). The molecule has 1 aliphatic heterocycles. The zero-order valence-electron chi connectivity index (χ0n) is 11.5. The van der Waals surface area contributed by atoms with Crippen molar-refractivity contribution < 1.29 is 0 Å². The van der Waals surface area contributed by atoms with Gasteiger partial charge in [-0.3, -0.25) is 9.88 Å². The van der Waals surface area contributed by atoms with Crippen molar-refractivity contribution in [1.82, 2.24) is 9.88 Å². The zero-order valence-corrected chi connectivity index (χ0v) is 11.5. The number of likely N-dealkylation sites (tertiary alicyclic amines) is 1. The highest BCUT2D eigenvalue weighted by Crippen LogP contribution is 2.29. The van der Waals surface area contributed by atoms with Crippen LogP contribution >= 0.6 is 0 Å². The summed E-state index contributed by atoms with van der Waals surface area (Å²) in [4.78, 5) is 6.68. The van der Waals surface area contributed by atoms with Gasteiger partial charge in [-0.25, -0.2) is 0 Å². The second kappa shape index (κ2) is 6.30. The molecule has 1 aliphatic rings. The Kier molecular flexibility index (Phi) is 4.72. The van der Waals surface area contributed by atoms with Crippen LogP contribution in [0.4, 0.5) is 0 Å². The van der Waals surface area contributed by atoms with Crippen molar-refractivity contribution >= 4 is 0 Å². The molecule has 18 heavy (non-hydrogen) atoms. The van der Waals surface area contributed by atoms with E-state index in [0.29, 0.717) is 6.04 Å². The van der Waals surface area contributed by atoms with Crippen LogP contribution in [0.3, 0.4) is 0 Å². The van der Waals surface area contributed by atoms with E-state index >= 15 is 0 Å². The first-order chi connectivity index (χ1) is 8.72. The van der Waals surface area contributed by atoms with Gasteiger partial charge in [0.2, 0.25) is 0 Å². The predicted molar refractivity (Wildman–Crippen MR) is 75.2 cm³/mol. The van der Waals surface area contributed by atoms with E-state index in [4.69, 9.17) is 5.73 Å². The highest BCUT2D eigenvalue weighted by atomic mass is 15.2. The Bertz CT molecular complexity index is 352. The van der Waals surface area contributed by atoms with Gasteiger partial charge < -0.3 is 5.73 Å². The predicted octanol–water partition coefficient (Wildman–Crippen LogP) is 2.59. The molecule has 3 heteroatoms. The van der Waals surface area contributed by atoms with E-state index in [0.717, 1.165) is 12.3 Å². The van der Waals surface area contributed by atoms with E-state index in [1.807, 2.05) is 12.4 Å². The van der Waals surface area contributed by atoms with Gasteiger partial charge in [0.1, 0.15) is 0 Å². The van der Waals surface area contributed by atoms with Crippen molar-refractivity contribution in [3.63, 3.8) is 0 Å². The van der Waals surface area contributed by atoms with Crippen molar-refractivity contribution in [3.8, 4) is 0 Å². The van der Waals surface area contributed by atoms with Crippen LogP contribution in [0.5, 0.6) is 0 Å². The molecule has 0 radical (unpaired) electrons. The van der Waals surface area contributed by atoms with Gasteiger partial charge in [0, 0.05) is 31.0 Å². The zero-order chi connectivity index (χ0) is 13.0. The van der Waals surface area contributed by atoms with E-state index in [1.165, 1.54) is 31.5 Å². The van der Waals surface area contributed by atoms with Gasteiger partial charge in [0.25, 0.3) is 0 Å². The molecule has 3 nitrogen and oxygen atoms in total. The first-order valence-electron chi connectivity index (χ1n) is 7.12. The van der Waals surface area contributed by atoms with Gasteiger partial charge in [0.15, 0.2) is 0 Å². The number of hydrogen-bond acceptors (Lipinski definition) is 3. The molecule has 3 atom stereocenters. The Balaban J connectivity index is 2.20. The number of nitrogens with zero attached hydrogens (tertiary/aromatic N) is 2. The number of aromatic nitrogens is 1. The molecule has 0 spiro atoms. The third kappa shape index (κ3) is 3.09. The van der Waals surface area contributed by atoms with Crippen molar-refractivity contribution in [1.29, 1.82) is 0 Å². The van der Waals surface area contributed by atoms with Crippen LogP contribution in [-0.4, -0.2) is 29.0 Å². The topological polar surface area (TPSA) is 42.1 Å². The van der Waals surface area contributed by atoms with Crippen LogP contribution in [0.25, 0.3) is 0 Å². The largest absolute Gasteiger partial charge is 0.326 e. The standard InChI is InChI=1S/C15H25N3/c1-3-14(16)15(13-6-8-17-9-7-13)18-10-4-5-12(2)11-18/h6-9,12,14-15H,3-5,10-11,16H2,1-2H3. The lowest BCUT2D eigenvalue weighted by molar-refractivity contribution is 0.111. The number of piperidine rings is 1. The molecule has 1 aromatic heterocycles. The maximum Gasteiger partial charge on any atom is 0.0500 e. The average Bonchev–Trinajstić information content (AvgIpc) is 2.40. The number of rotatable bonds is 4. The molecule has 0 saturated carbocycles. The SMILES string of the molecule is CCC(N)C(c1ccncc1)N1CCCC(C)C1. The summed E-state index contributed by atoms with van der Waals surface area (Å²) in [5, 5.41) is 0. The maximum absolute atomic E-state index is 6.36. The molecule has 2 N–H and O–H groups in total. The Hall–Kier alpha value is -0.930. The minimum absolute atomic E-state index is 0.206. The van der Waals surface area contributed by atoms with Crippen LogP contribution in [-0.2, 0) is 0 Å². The summed E-state index contributed by atoms with van der Waals surface area (Å²) in [5.74, 6) is 0.784. The summed E-state index contributed by atoms with van der Waals surface area (Å²) in [6, 6.07) is 4.78. The molecule has 0 amide bonds. The monoisotopic (exact) mass is 247 g/mol. The first kappa shape index (κ1) is 13.5. The van der Waals surface area contributed by atoms with E-state index in [2.05, 4.69) is 35.9 Å². The van der Waals surface area contributed by atoms with Crippen LogP contribution < -0.4 is 5.73 Å². The highest BCUT2D eigenvalue weighted by molar-refractivity contribution is 5.17. The Labute approximate surface area is 110 Å². The van der Waals surface area contributed by atoms with Crippen LogP contribution in [0.1, 0.15) is 44.7 Å². The van der Waals surface area contributed by atoms with Crippen molar-refractivity contribution in [2.75, 3.05) is 13.1 Å². The van der Waals surface area contributed by atoms with E-state index in [1.54, 1.807) is 0 Å². The van der Waals surface area contributed by atoms with Crippen molar-refractivity contribution in [2.24, 2.45) is 11.7 Å². The number of hydrogen-bond donors (Lipinski definition) is 1. The van der Waals surface area contributed by atoms with Gasteiger partial charge >= 0.3 is 0 Å². The Morgan fingerprint density at radius 2 is 2.17 bits per heavy atom. The fourth-order valence-electron chi connectivity index (χ4n) is 2.99. The molecule has 0 aromatic carbocycles. The van der Waals surface area contributed by atoms with Crippen LogP contribution in [0.2, 0.25) is 0 Å². The van der Waals surface area contributed by atoms with Crippen molar-refractivity contribution in [2.45, 2.75) is 45.2 Å². The van der Waals surface area contributed by atoms with E-state index in [-0.39, 0.29) is 6.04 Å². The molecule has 1 saturated heterocycles. The molecular formula is C15H25N3. The molecular weight excluding hydrogens is 222 g/mol. The summed E-state index contributed by atoms with van der Waals surface area (Å²) in [7, 11) is 0. The van der Waals surface area contributed by atoms with Gasteiger partial charge in [-0.15, -0.1) is 0 Å². The normalized spacial score (nSPS) is 24.7. The number of nitrogens with two attached hydrogens (primary N) is 1. The lowest BCUT2D eigenvalue weighted by Crippen LogP contribution is -2.45. The fourth-order valence-corrected chi connectivity index (χ4v) is 2.99. The number of pyridine rings is 1. The molecule has 2 heterocycles. The average molecular weight is 247 g/mol. The summed E-state index contributed by atoms with van der Waals surface area (Å²) in [5.41, 5.74) is 7.68. The fraction of sp³-hybridized carbons (Fsp3) is 0.667. The lowest BCUT2D eigenvalue weighted by Gasteiger charge is -2.40. The van der Waals surface area contributed by atoms with E-state index < -0.39 is 0 Å². The Morgan fingerprint density at radius 1 is 1.44 bits per heavy atom. The second-order valence-electron chi connectivity index (χ2n) is 5.54. The molecule has 1 aromatic rings. The van der Waals surface area contributed by atoms with Gasteiger partial charge in [-0.05, 0) is 49.4 Å². The summed E-state index contributed by atoms with van der Waals surface area (Å²) >= 11 is 0. The summed E-state index contributed by atoms with van der Waals surface area (Å²) in [6.45, 7) is 6.85. The van der Waals surface area contributed by atoms with Gasteiger partial charge in [0.05, 0.1) is 0 Å². The van der Waals surface area contributed by atoms with E-state index in [9.17, 15) is 0 Å². The third-order valence-electron chi connectivity index (χ3n) is 4.01. The lowest BCUT2D eigenvalue weighted by atomic mass is 9.92. The second-order valence-corrected chi connectivity index (χ2v) is 5.54. The quantitative estimate of drug-likeness (QED) is 0.889. The van der Waals surface area contributed by atoms with Crippen molar-refractivity contribution in [3.05, 3.63) is 30.1 Å². The Morgan fingerprint density at radius 3 is 2.78 bits per heavy atom. The molecule has 1 fully saturated rings. The smallest absolute Gasteiger partial charge is 0.0500 e. The van der Waals surface area contributed by atoms with Crippen LogP contribution in [0.15, 0.2) is 24.5 Å². The maximum atomic E-state index is 6.36. The van der Waals surface area contributed by atoms with Gasteiger partial charge in [-0.2, -0.15) is 0 Å². The summed E-state index contributed by atoms with van der Waals surface area (Å²) in [6.07, 6.45) is 7.40. The molecule has 3 unspecified atom stereocenters. The van der Waals surface area contributed by atoms with Crippen LogP contribution in [0, 0.1) is 5.92 Å². The molecule has 100 valence electrons.